The second kappa shape index (κ2) is 15.0. The quantitative estimate of drug-likeness (QED) is 0.159. The molecule has 1 heterocycles. The van der Waals surface area contributed by atoms with Crippen LogP contribution in [0.2, 0.25) is 0 Å². The zero-order valence-electron chi connectivity index (χ0n) is 40.7. The van der Waals surface area contributed by atoms with Gasteiger partial charge in [-0.15, -0.1) is 11.3 Å². The maximum absolute atomic E-state index is 2.64. The van der Waals surface area contributed by atoms with Crippen molar-refractivity contribution < 1.29 is 0 Å². The monoisotopic (exact) mass is 957 g/mol. The van der Waals surface area contributed by atoms with E-state index in [1.165, 1.54) is 162 Å². The summed E-state index contributed by atoms with van der Waals surface area (Å²) in [5.41, 5.74) is 21.8. The molecule has 13 aromatic rings. The summed E-state index contributed by atoms with van der Waals surface area (Å²) in [6.45, 7) is 0. The van der Waals surface area contributed by atoms with Gasteiger partial charge in [0, 0.05) is 42.5 Å². The highest BCUT2D eigenvalue weighted by Crippen LogP contribution is 2.65. The summed E-state index contributed by atoms with van der Waals surface area (Å²) in [4.78, 5) is 2.64. The van der Waals surface area contributed by atoms with Crippen molar-refractivity contribution in [3.8, 4) is 44.5 Å². The summed E-state index contributed by atoms with van der Waals surface area (Å²) in [6.07, 6.45) is 4.93. The van der Waals surface area contributed by atoms with Gasteiger partial charge in [0.1, 0.15) is 0 Å². The molecule has 4 aliphatic carbocycles. The molecule has 74 heavy (non-hydrogen) atoms. The third kappa shape index (κ3) is 5.28. The number of hydrogen-bond acceptors (Lipinski definition) is 2. The molecule has 4 aliphatic rings. The predicted molar refractivity (Wildman–Crippen MR) is 313 cm³/mol. The van der Waals surface area contributed by atoms with Gasteiger partial charge in [0.25, 0.3) is 0 Å². The van der Waals surface area contributed by atoms with Crippen LogP contribution in [0.1, 0.15) is 59.1 Å². The van der Waals surface area contributed by atoms with Crippen molar-refractivity contribution >= 4 is 80.9 Å². The lowest BCUT2D eigenvalue weighted by molar-refractivity contribution is 0.550. The van der Waals surface area contributed by atoms with E-state index in [1.807, 2.05) is 11.3 Å². The molecule has 0 aliphatic heterocycles. The molecule has 2 heteroatoms. The smallest absolute Gasteiger partial charge is 0.0726 e. The molecule has 2 spiro atoms. The van der Waals surface area contributed by atoms with Crippen molar-refractivity contribution in [2.24, 2.45) is 0 Å². The van der Waals surface area contributed by atoms with Crippen molar-refractivity contribution in [2.75, 3.05) is 4.90 Å². The average molecular weight is 958 g/mol. The summed E-state index contributed by atoms with van der Waals surface area (Å²) < 4.78 is 2.63. The number of nitrogens with zero attached hydrogens (tertiary/aromatic N) is 1. The Morgan fingerprint density at radius 3 is 1.43 bits per heavy atom. The van der Waals surface area contributed by atoms with Gasteiger partial charge in [0.2, 0.25) is 0 Å². The molecule has 1 aromatic heterocycles. The summed E-state index contributed by atoms with van der Waals surface area (Å²) in [5.74, 6) is 0. The first kappa shape index (κ1) is 41.0. The van der Waals surface area contributed by atoms with Crippen LogP contribution in [0.25, 0.3) is 97.0 Å². The van der Waals surface area contributed by atoms with Gasteiger partial charge in [0.15, 0.2) is 0 Å². The van der Waals surface area contributed by atoms with Crippen LogP contribution in [-0.4, -0.2) is 0 Å². The Morgan fingerprint density at radius 2 is 0.770 bits per heavy atom. The van der Waals surface area contributed by atoms with E-state index in [0.29, 0.717) is 0 Å². The first-order valence-corrected chi connectivity index (χ1v) is 27.3. The molecular formula is C72H47NS. The van der Waals surface area contributed by atoms with E-state index in [9.17, 15) is 0 Å². The summed E-state index contributed by atoms with van der Waals surface area (Å²) >= 11 is 1.89. The molecule has 1 nitrogen and oxygen atoms in total. The molecule has 0 N–H and O–H groups in total. The predicted octanol–water partition coefficient (Wildman–Crippen LogP) is 19.8. The van der Waals surface area contributed by atoms with Gasteiger partial charge in [-0.2, -0.15) is 0 Å². The van der Waals surface area contributed by atoms with Crippen molar-refractivity contribution in [1.82, 2.24) is 0 Å². The first-order chi connectivity index (χ1) is 36.7. The molecule has 0 amide bonds. The fourth-order valence-electron chi connectivity index (χ4n) is 15.0. The lowest BCUT2D eigenvalue weighted by Gasteiger charge is -2.34. The Bertz CT molecular complexity index is 4500. The summed E-state index contributed by atoms with van der Waals surface area (Å²) in [5, 5.41) is 10.3. The average Bonchev–Trinajstić information content (AvgIpc) is 4.41. The fourth-order valence-corrected chi connectivity index (χ4v) is 16.1. The van der Waals surface area contributed by atoms with Gasteiger partial charge in [-0.1, -0.05) is 195 Å². The molecule has 346 valence electrons. The van der Waals surface area contributed by atoms with E-state index in [2.05, 4.69) is 241 Å². The third-order valence-corrected chi connectivity index (χ3v) is 19.1. The van der Waals surface area contributed by atoms with Gasteiger partial charge in [0.05, 0.1) is 11.1 Å². The third-order valence-electron chi connectivity index (χ3n) is 18.0. The van der Waals surface area contributed by atoms with Crippen molar-refractivity contribution in [3.05, 3.63) is 270 Å². The van der Waals surface area contributed by atoms with Crippen LogP contribution in [0.4, 0.5) is 17.1 Å². The van der Waals surface area contributed by atoms with Crippen LogP contribution in [0, 0.1) is 0 Å². The topological polar surface area (TPSA) is 3.24 Å². The number of hydrogen-bond donors (Lipinski definition) is 0. The van der Waals surface area contributed by atoms with Gasteiger partial charge in [-0.3, -0.25) is 0 Å². The minimum Gasteiger partial charge on any atom is -0.310 e. The number of anilines is 3. The SMILES string of the molecule is c1ccc2c(c1)-c1cc(N(c3ccc4c5ccccc5c5ccccc5c4c3)c3cc4c(cc3-c3ccc5sc6ccccc6c5c3)-c3ccccc3C43c4ccccc4-c4ccccc43)ccc1C21CCCC1. The lowest BCUT2D eigenvalue weighted by atomic mass is 9.70. The number of fused-ring (bicyclic) bond motifs is 24. The molecular weight excluding hydrogens is 911 g/mol. The normalized spacial score (nSPS) is 15.0. The molecule has 0 atom stereocenters. The van der Waals surface area contributed by atoms with E-state index in [1.54, 1.807) is 0 Å². The van der Waals surface area contributed by atoms with Crippen LogP contribution in [-0.2, 0) is 10.8 Å². The molecule has 0 saturated heterocycles. The van der Waals surface area contributed by atoms with Gasteiger partial charge in [-0.25, -0.2) is 0 Å². The summed E-state index contributed by atoms with van der Waals surface area (Å²) in [7, 11) is 0. The van der Waals surface area contributed by atoms with Crippen LogP contribution < -0.4 is 4.90 Å². The molecule has 0 bridgehead atoms. The Kier molecular flexibility index (Phi) is 8.31. The highest BCUT2D eigenvalue weighted by molar-refractivity contribution is 7.25. The van der Waals surface area contributed by atoms with Gasteiger partial charge >= 0.3 is 0 Å². The van der Waals surface area contributed by atoms with Crippen LogP contribution in [0.3, 0.4) is 0 Å². The standard InChI is InChI=1S/C72H47NS/c1-2-19-49-47(17-1)48-18-3-4-20-50(48)58-40-45(32-34-51(49)58)73(46-33-35-63-59(41-46)54-23-5-10-26-62(54)71(63)37-15-16-38-71)68-43-67-60(42-57(68)44-31-36-70-61(39-44)56-25-9-14-30-69(56)74-70)55-24-8-13-29-66(55)72(67)64-27-11-6-21-52(64)53-22-7-12-28-65(53)72/h1-14,17-36,39-43H,15-16,37-38H2. The van der Waals surface area contributed by atoms with E-state index in [4.69, 9.17) is 0 Å². The van der Waals surface area contributed by atoms with E-state index in [-0.39, 0.29) is 5.41 Å². The highest BCUT2D eigenvalue weighted by Gasteiger charge is 2.52. The van der Waals surface area contributed by atoms with Crippen molar-refractivity contribution in [2.45, 2.75) is 36.5 Å². The Morgan fingerprint density at radius 1 is 0.297 bits per heavy atom. The molecule has 12 aromatic carbocycles. The van der Waals surface area contributed by atoms with E-state index in [0.717, 1.165) is 11.4 Å². The molecule has 0 unspecified atom stereocenters. The Labute approximate surface area is 434 Å². The summed E-state index contributed by atoms with van der Waals surface area (Å²) in [6, 6.07) is 91.2. The van der Waals surface area contributed by atoms with E-state index >= 15 is 0 Å². The molecule has 0 radical (unpaired) electrons. The lowest BCUT2D eigenvalue weighted by Crippen LogP contribution is -2.26. The maximum atomic E-state index is 2.64. The first-order valence-electron chi connectivity index (χ1n) is 26.4. The Hall–Kier alpha value is -8.56. The maximum Gasteiger partial charge on any atom is 0.0726 e. The van der Waals surface area contributed by atoms with Crippen LogP contribution in [0.15, 0.2) is 237 Å². The largest absolute Gasteiger partial charge is 0.310 e. The highest BCUT2D eigenvalue weighted by atomic mass is 32.1. The van der Waals surface area contributed by atoms with Gasteiger partial charge in [-0.05, 0) is 172 Å². The zero-order chi connectivity index (χ0) is 48.3. The molecule has 1 fully saturated rings. The second-order valence-corrected chi connectivity index (χ2v) is 22.4. The molecule has 17 rings (SSSR count). The number of rotatable bonds is 4. The zero-order valence-corrected chi connectivity index (χ0v) is 41.5. The van der Waals surface area contributed by atoms with Crippen molar-refractivity contribution in [1.29, 1.82) is 0 Å². The van der Waals surface area contributed by atoms with Crippen LogP contribution in [0.5, 0.6) is 0 Å². The van der Waals surface area contributed by atoms with Crippen molar-refractivity contribution in [3.63, 3.8) is 0 Å². The minimum absolute atomic E-state index is 0.0665. The van der Waals surface area contributed by atoms with Gasteiger partial charge < -0.3 is 4.90 Å². The number of benzene rings is 12. The Balaban J connectivity index is 1.02. The minimum atomic E-state index is -0.518. The molecule has 1 saturated carbocycles. The number of thiophene rings is 1. The van der Waals surface area contributed by atoms with Crippen LogP contribution >= 0.6 is 11.3 Å². The second-order valence-electron chi connectivity index (χ2n) is 21.3. The van der Waals surface area contributed by atoms with E-state index < -0.39 is 5.41 Å². The fraction of sp³-hybridized carbons (Fsp3) is 0.0833.